The summed E-state index contributed by atoms with van der Waals surface area (Å²) in [5.74, 6) is 0.660. The van der Waals surface area contributed by atoms with Gasteiger partial charge in [-0.2, -0.15) is 0 Å². The monoisotopic (exact) mass is 443 g/mol. The van der Waals surface area contributed by atoms with Crippen LogP contribution in [0, 0.1) is 0 Å². The minimum atomic E-state index is 0.0741. The van der Waals surface area contributed by atoms with E-state index in [0.717, 1.165) is 0 Å². The Hall–Kier alpha value is -1.50. The van der Waals surface area contributed by atoms with Crippen LogP contribution in [-0.4, -0.2) is 4.57 Å². The van der Waals surface area contributed by atoms with Crippen molar-refractivity contribution in [2.45, 2.75) is 142 Å². The summed E-state index contributed by atoms with van der Waals surface area (Å²) >= 11 is 0. The lowest BCUT2D eigenvalue weighted by atomic mass is 9.69. The van der Waals surface area contributed by atoms with Gasteiger partial charge in [-0.3, -0.25) is 0 Å². The van der Waals surface area contributed by atoms with E-state index < -0.39 is 0 Å². The Kier molecular flexibility index (Phi) is 5.54. The van der Waals surface area contributed by atoms with Crippen molar-refractivity contribution < 1.29 is 0 Å². The molecule has 0 N–H and O–H groups in total. The van der Waals surface area contributed by atoms with Crippen molar-refractivity contribution in [2.75, 3.05) is 0 Å². The van der Waals surface area contributed by atoms with Crippen molar-refractivity contribution >= 4 is 0 Å². The van der Waals surface area contributed by atoms with Crippen molar-refractivity contribution in [3.63, 3.8) is 0 Å². The van der Waals surface area contributed by atoms with Crippen LogP contribution in [0.25, 0.3) is 0 Å². The van der Waals surface area contributed by atoms with Crippen LogP contribution in [0.5, 0.6) is 0 Å². The summed E-state index contributed by atoms with van der Waals surface area (Å²) in [6, 6.07) is 0. The summed E-state index contributed by atoms with van der Waals surface area (Å²) in [4.78, 5) is 0. The molecule has 0 aliphatic heterocycles. The second-order valence-electron chi connectivity index (χ2n) is 12.4. The second kappa shape index (κ2) is 8.31. The first-order valence-corrected chi connectivity index (χ1v) is 14.4. The number of nitrogens with zero attached hydrogens (tertiary/aromatic N) is 1. The molecule has 33 heavy (non-hydrogen) atoms. The van der Waals surface area contributed by atoms with E-state index in [9.17, 15) is 0 Å². The zero-order chi connectivity index (χ0) is 22.7. The van der Waals surface area contributed by atoms with Gasteiger partial charge >= 0.3 is 0 Å². The van der Waals surface area contributed by atoms with Crippen LogP contribution >= 0.6 is 0 Å². The van der Waals surface area contributed by atoms with E-state index >= 15 is 0 Å². The molecule has 6 rings (SSSR count). The third kappa shape index (κ3) is 3.31. The average molecular weight is 444 g/mol. The van der Waals surface area contributed by atoms with Gasteiger partial charge in [0.15, 0.2) is 0 Å². The topological polar surface area (TPSA) is 4.93 Å². The molecular formula is C32H45N. The Morgan fingerprint density at radius 1 is 0.515 bits per heavy atom. The highest BCUT2D eigenvalue weighted by Crippen LogP contribution is 2.47. The molecule has 2 aromatic rings. The van der Waals surface area contributed by atoms with E-state index in [4.69, 9.17) is 0 Å². The normalized spacial score (nSPS) is 20.3. The molecule has 1 aromatic carbocycles. The molecule has 1 heteroatoms. The molecule has 0 amide bonds. The Balaban J connectivity index is 1.64. The molecule has 0 spiro atoms. The summed E-state index contributed by atoms with van der Waals surface area (Å²) in [7, 11) is 0. The maximum atomic E-state index is 2.95. The smallest absolute Gasteiger partial charge is 0.0645 e. The molecule has 0 saturated carbocycles. The van der Waals surface area contributed by atoms with Crippen molar-refractivity contribution in [3.8, 4) is 0 Å². The van der Waals surface area contributed by atoms with E-state index in [1.54, 1.807) is 55.9 Å². The summed E-state index contributed by atoms with van der Waals surface area (Å²) in [6.45, 7) is 10.2. The third-order valence-corrected chi connectivity index (χ3v) is 9.72. The predicted octanol–water partition coefficient (Wildman–Crippen LogP) is 7.91. The summed E-state index contributed by atoms with van der Waals surface area (Å²) in [5, 5.41) is 0. The van der Waals surface area contributed by atoms with Gasteiger partial charge in [0.1, 0.15) is 0 Å². The minimum absolute atomic E-state index is 0.0741. The Morgan fingerprint density at radius 3 is 1.30 bits per heavy atom. The molecule has 0 fully saturated rings. The van der Waals surface area contributed by atoms with Gasteiger partial charge < -0.3 is 4.57 Å². The minimum Gasteiger partial charge on any atom is -0.339 e. The first-order valence-electron chi connectivity index (χ1n) is 14.4. The molecule has 178 valence electrons. The molecular weight excluding hydrogens is 398 g/mol. The van der Waals surface area contributed by atoms with Crippen molar-refractivity contribution in [1.29, 1.82) is 0 Å². The van der Waals surface area contributed by atoms with Crippen LogP contribution in [0.1, 0.15) is 141 Å². The Morgan fingerprint density at radius 2 is 0.879 bits per heavy atom. The molecule has 0 bridgehead atoms. The fraction of sp³-hybridized carbons (Fsp3) is 0.688. The van der Waals surface area contributed by atoms with E-state index in [2.05, 4.69) is 32.3 Å². The Labute approximate surface area is 202 Å². The first kappa shape index (κ1) is 22.0. The SMILES string of the molecule is CC(C)c1c2c(c(C(C)(C)n3c4c(c5c3CCCC5)CCCC4)c3c1CCCC3)CCCC2. The Bertz CT molecular complexity index is 1010. The second-order valence-corrected chi connectivity index (χ2v) is 12.4. The maximum absolute atomic E-state index is 2.95. The molecule has 0 saturated heterocycles. The molecule has 1 aromatic heterocycles. The predicted molar refractivity (Wildman–Crippen MR) is 140 cm³/mol. The van der Waals surface area contributed by atoms with Gasteiger partial charge in [-0.1, -0.05) is 13.8 Å². The number of hydrogen-bond acceptors (Lipinski definition) is 0. The zero-order valence-electron chi connectivity index (χ0n) is 21.8. The largest absolute Gasteiger partial charge is 0.339 e. The van der Waals surface area contributed by atoms with Crippen LogP contribution in [-0.2, 0) is 56.9 Å². The molecule has 1 nitrogen and oxygen atoms in total. The highest BCUT2D eigenvalue weighted by atomic mass is 15.1. The zero-order valence-corrected chi connectivity index (χ0v) is 21.8. The fourth-order valence-electron chi connectivity index (χ4n) is 8.63. The van der Waals surface area contributed by atoms with E-state index in [0.29, 0.717) is 5.92 Å². The van der Waals surface area contributed by atoms with Gasteiger partial charge in [0.2, 0.25) is 0 Å². The molecule has 0 unspecified atom stereocenters. The molecule has 4 aliphatic carbocycles. The molecule has 0 atom stereocenters. The van der Waals surface area contributed by atoms with E-state index in [1.165, 1.54) is 103 Å². The number of benzene rings is 1. The van der Waals surface area contributed by atoms with Gasteiger partial charge in [0.25, 0.3) is 0 Å². The highest BCUT2D eigenvalue weighted by Gasteiger charge is 2.39. The van der Waals surface area contributed by atoms with E-state index in [1.807, 2.05) is 0 Å². The summed E-state index contributed by atoms with van der Waals surface area (Å²) < 4.78 is 2.95. The maximum Gasteiger partial charge on any atom is 0.0645 e. The summed E-state index contributed by atoms with van der Waals surface area (Å²) in [6.07, 6.45) is 21.7. The molecule has 1 heterocycles. The van der Waals surface area contributed by atoms with Crippen molar-refractivity contribution in [3.05, 3.63) is 55.9 Å². The van der Waals surface area contributed by atoms with Gasteiger partial charge in [0.05, 0.1) is 5.54 Å². The van der Waals surface area contributed by atoms with E-state index in [-0.39, 0.29) is 5.54 Å². The number of aromatic nitrogens is 1. The van der Waals surface area contributed by atoms with Gasteiger partial charge in [-0.15, -0.1) is 0 Å². The molecule has 0 radical (unpaired) electrons. The van der Waals surface area contributed by atoms with Crippen LogP contribution in [0.3, 0.4) is 0 Å². The van der Waals surface area contributed by atoms with Crippen molar-refractivity contribution in [1.82, 2.24) is 4.57 Å². The number of rotatable bonds is 3. The van der Waals surface area contributed by atoms with Crippen LogP contribution in [0.2, 0.25) is 0 Å². The lowest BCUT2D eigenvalue weighted by Crippen LogP contribution is -2.36. The van der Waals surface area contributed by atoms with Crippen LogP contribution < -0.4 is 0 Å². The van der Waals surface area contributed by atoms with Crippen LogP contribution in [0.4, 0.5) is 0 Å². The quantitative estimate of drug-likeness (QED) is 0.454. The lowest BCUT2D eigenvalue weighted by Gasteiger charge is -2.41. The molecule has 4 aliphatic rings. The highest BCUT2D eigenvalue weighted by molar-refractivity contribution is 5.58. The van der Waals surface area contributed by atoms with Gasteiger partial charge in [-0.25, -0.2) is 0 Å². The van der Waals surface area contributed by atoms with Gasteiger partial charge in [0, 0.05) is 11.4 Å². The number of fused-ring (bicyclic) bond motifs is 5. The first-order chi connectivity index (χ1) is 16.0. The third-order valence-electron chi connectivity index (χ3n) is 9.72. The summed E-state index contributed by atoms with van der Waals surface area (Å²) in [5.41, 5.74) is 17.8. The van der Waals surface area contributed by atoms with Crippen LogP contribution in [0.15, 0.2) is 0 Å². The lowest BCUT2D eigenvalue weighted by molar-refractivity contribution is 0.387. The average Bonchev–Trinajstić information content (AvgIpc) is 3.17. The standard InChI is InChI=1S/C32H45N/c1-21(2)30-24-15-5-7-17-26(24)31(27-18-8-6-16-25(27)30)32(3,4)33-28-19-11-9-13-22(28)23-14-10-12-20-29(23)33/h21H,5-20H2,1-4H3. The fourth-order valence-corrected chi connectivity index (χ4v) is 8.63. The van der Waals surface area contributed by atoms with Crippen molar-refractivity contribution in [2.24, 2.45) is 0 Å². The van der Waals surface area contributed by atoms with Gasteiger partial charge in [-0.05, 0) is 167 Å². The number of hydrogen-bond donors (Lipinski definition) is 0.